The molecule has 0 unspecified atom stereocenters. The molecule has 0 radical (unpaired) electrons. The maximum atomic E-state index is 10.9. The van der Waals surface area contributed by atoms with Gasteiger partial charge in [-0.05, 0) is 35.4 Å². The Morgan fingerprint density at radius 1 is 0.789 bits per heavy atom. The van der Waals surface area contributed by atoms with Crippen molar-refractivity contribution in [2.24, 2.45) is 0 Å². The molecule has 0 spiro atoms. The van der Waals surface area contributed by atoms with Crippen molar-refractivity contribution in [2.75, 3.05) is 0 Å². The van der Waals surface area contributed by atoms with Gasteiger partial charge >= 0.3 is 41.5 Å². The van der Waals surface area contributed by atoms with E-state index in [2.05, 4.69) is 0 Å². The molecule has 92 valence electrons. The van der Waals surface area contributed by atoms with Crippen LogP contribution in [0.2, 0.25) is 0 Å². The van der Waals surface area contributed by atoms with Crippen LogP contribution in [0, 0.1) is 0 Å². The quantitative estimate of drug-likeness (QED) is 0.759. The zero-order valence-corrected chi connectivity index (χ0v) is 12.3. The molecule has 0 atom stereocenters. The van der Waals surface area contributed by atoms with Crippen LogP contribution in [-0.2, 0) is 0 Å². The van der Waals surface area contributed by atoms with Crippen LogP contribution >= 0.6 is 0 Å². The van der Waals surface area contributed by atoms with E-state index < -0.39 is 11.9 Å². The predicted molar refractivity (Wildman–Crippen MR) is 66.9 cm³/mol. The Morgan fingerprint density at radius 3 is 1.47 bits per heavy atom. The molecule has 0 aliphatic carbocycles. The van der Waals surface area contributed by atoms with Gasteiger partial charge in [-0.1, -0.05) is 24.3 Å². The van der Waals surface area contributed by atoms with Crippen molar-refractivity contribution in [1.29, 1.82) is 0 Å². The minimum Gasteiger partial charge on any atom is -1.00 e. The van der Waals surface area contributed by atoms with E-state index in [0.29, 0.717) is 11.1 Å². The Kier molecular flexibility index (Phi) is 5.30. The van der Waals surface area contributed by atoms with E-state index in [1.807, 2.05) is 0 Å². The van der Waals surface area contributed by atoms with E-state index >= 15 is 0 Å². The van der Waals surface area contributed by atoms with Gasteiger partial charge in [-0.3, -0.25) is 0 Å². The predicted octanol–water partition coefficient (Wildman–Crippen LogP) is -0.134. The first kappa shape index (κ1) is 15.4. The summed E-state index contributed by atoms with van der Waals surface area (Å²) in [6.45, 7) is 0. The first-order valence-corrected chi connectivity index (χ1v) is 5.25. The molecule has 0 amide bonds. The van der Waals surface area contributed by atoms with Crippen LogP contribution in [-0.4, -0.2) is 22.2 Å². The van der Waals surface area contributed by atoms with Crippen LogP contribution in [0.15, 0.2) is 48.5 Å². The third kappa shape index (κ3) is 3.67. The molecule has 2 aromatic rings. The Hall–Kier alpha value is -1.62. The molecule has 0 saturated carbocycles. The summed E-state index contributed by atoms with van der Waals surface area (Å²) >= 11 is 0. The average Bonchev–Trinajstić information content (AvgIpc) is 2.39. The van der Waals surface area contributed by atoms with Crippen molar-refractivity contribution in [3.8, 4) is 11.1 Å². The number of carboxylic acid groups (broad SMARTS) is 2. The second kappa shape index (κ2) is 6.52. The molecule has 0 bridgehead atoms. The Morgan fingerprint density at radius 2 is 1.16 bits per heavy atom. The van der Waals surface area contributed by atoms with Crippen LogP contribution in [0.5, 0.6) is 0 Å². The van der Waals surface area contributed by atoms with Gasteiger partial charge in [0.1, 0.15) is 0 Å². The Bertz CT molecular complexity index is 573. The van der Waals surface area contributed by atoms with E-state index in [1.54, 1.807) is 24.3 Å². The van der Waals surface area contributed by atoms with Gasteiger partial charge in [0.2, 0.25) is 0 Å². The average molecular weight is 266 g/mol. The summed E-state index contributed by atoms with van der Waals surface area (Å²) in [6, 6.07) is 12.8. The van der Waals surface area contributed by atoms with Crippen LogP contribution in [0.4, 0.5) is 0 Å². The van der Waals surface area contributed by atoms with Crippen molar-refractivity contribution in [3.63, 3.8) is 0 Å². The second-order valence-corrected chi connectivity index (χ2v) is 3.77. The standard InChI is InChI=1S/C14H10O4.Na.H/c15-13(16)11-5-1-3-9(7-11)10-4-2-6-12(8-10)14(17)18;;/h1-8H,(H,15,16)(H,17,18);;/q;+1;-1. The summed E-state index contributed by atoms with van der Waals surface area (Å²) in [6.07, 6.45) is 0. The number of aromatic carboxylic acids is 2. The van der Waals surface area contributed by atoms with Gasteiger partial charge in [-0.15, -0.1) is 0 Å². The molecule has 5 heteroatoms. The summed E-state index contributed by atoms with van der Waals surface area (Å²) in [5.74, 6) is -2.02. The topological polar surface area (TPSA) is 74.6 Å². The van der Waals surface area contributed by atoms with Crippen molar-refractivity contribution < 1.29 is 50.8 Å². The van der Waals surface area contributed by atoms with Crippen LogP contribution in [0.25, 0.3) is 11.1 Å². The number of carbonyl (C=O) groups is 2. The number of benzene rings is 2. The van der Waals surface area contributed by atoms with Gasteiger partial charge < -0.3 is 11.6 Å². The van der Waals surface area contributed by atoms with Crippen molar-refractivity contribution in [3.05, 3.63) is 59.7 Å². The first-order valence-electron chi connectivity index (χ1n) is 5.25. The first-order chi connectivity index (χ1) is 8.58. The molecule has 0 saturated heterocycles. The maximum absolute atomic E-state index is 10.9. The van der Waals surface area contributed by atoms with Crippen LogP contribution in [0.1, 0.15) is 22.1 Å². The smallest absolute Gasteiger partial charge is 1.00 e. The summed E-state index contributed by atoms with van der Waals surface area (Å²) < 4.78 is 0. The number of hydrogen-bond acceptors (Lipinski definition) is 2. The van der Waals surface area contributed by atoms with Crippen LogP contribution in [0.3, 0.4) is 0 Å². The third-order valence-corrected chi connectivity index (χ3v) is 2.55. The van der Waals surface area contributed by atoms with Gasteiger partial charge in [0.25, 0.3) is 0 Å². The normalized spacial score (nSPS) is 9.47. The van der Waals surface area contributed by atoms with Gasteiger partial charge in [0.15, 0.2) is 0 Å². The van der Waals surface area contributed by atoms with E-state index in [0.717, 1.165) is 0 Å². The number of carboxylic acids is 2. The molecule has 2 N–H and O–H groups in total. The van der Waals surface area contributed by atoms with Gasteiger partial charge in [-0.2, -0.15) is 0 Å². The molecule has 0 aliphatic heterocycles. The molecule has 2 aromatic carbocycles. The molecule has 4 nitrogen and oxygen atoms in total. The minimum atomic E-state index is -1.01. The number of rotatable bonds is 3. The van der Waals surface area contributed by atoms with E-state index in [9.17, 15) is 9.59 Å². The Labute approximate surface area is 133 Å². The monoisotopic (exact) mass is 266 g/mol. The molecule has 0 aromatic heterocycles. The fourth-order valence-electron chi connectivity index (χ4n) is 1.66. The zero-order valence-electron chi connectivity index (χ0n) is 11.3. The van der Waals surface area contributed by atoms with E-state index in [1.165, 1.54) is 24.3 Å². The largest absolute Gasteiger partial charge is 1.00 e. The molecular formula is C14H11NaO4. The van der Waals surface area contributed by atoms with Gasteiger partial charge in [0.05, 0.1) is 11.1 Å². The summed E-state index contributed by atoms with van der Waals surface area (Å²) in [4.78, 5) is 21.7. The van der Waals surface area contributed by atoms with E-state index in [4.69, 9.17) is 10.2 Å². The summed E-state index contributed by atoms with van der Waals surface area (Å²) in [7, 11) is 0. The molecule has 19 heavy (non-hydrogen) atoms. The maximum Gasteiger partial charge on any atom is 1.00 e. The molecule has 0 aliphatic rings. The summed E-state index contributed by atoms with van der Waals surface area (Å²) in [5.41, 5.74) is 1.71. The van der Waals surface area contributed by atoms with Crippen molar-refractivity contribution >= 4 is 11.9 Å². The zero-order chi connectivity index (χ0) is 13.1. The van der Waals surface area contributed by atoms with Gasteiger partial charge in [0, 0.05) is 0 Å². The molecular weight excluding hydrogens is 255 g/mol. The van der Waals surface area contributed by atoms with Gasteiger partial charge in [-0.25, -0.2) is 9.59 Å². The third-order valence-electron chi connectivity index (χ3n) is 2.55. The molecule has 2 rings (SSSR count). The fraction of sp³-hybridized carbons (Fsp3) is 0. The number of hydrogen-bond donors (Lipinski definition) is 2. The van der Waals surface area contributed by atoms with Crippen molar-refractivity contribution in [2.45, 2.75) is 0 Å². The summed E-state index contributed by atoms with van der Waals surface area (Å²) in [5, 5.41) is 17.8. The Balaban J connectivity index is 0.00000180. The second-order valence-electron chi connectivity index (χ2n) is 3.77. The van der Waals surface area contributed by atoms with Crippen molar-refractivity contribution in [1.82, 2.24) is 0 Å². The minimum absolute atomic E-state index is 0. The molecule has 0 heterocycles. The SMILES string of the molecule is O=C(O)c1cccc(-c2cccc(C(=O)O)c2)c1.[H-].[Na+]. The fourth-order valence-corrected chi connectivity index (χ4v) is 1.66. The van der Waals surface area contributed by atoms with Crippen LogP contribution < -0.4 is 29.6 Å². The van der Waals surface area contributed by atoms with E-state index in [-0.39, 0.29) is 42.1 Å². The molecule has 0 fully saturated rings.